The van der Waals surface area contributed by atoms with Gasteiger partial charge in [-0.15, -0.1) is 0 Å². The van der Waals surface area contributed by atoms with E-state index in [9.17, 15) is 0 Å². The molecule has 16 heavy (non-hydrogen) atoms. The third kappa shape index (κ3) is 3.72. The van der Waals surface area contributed by atoms with Crippen molar-refractivity contribution in [2.45, 2.75) is 44.6 Å². The third-order valence-electron chi connectivity index (χ3n) is 3.85. The average molecular weight is 226 g/mol. The predicted molar refractivity (Wildman–Crippen MR) is 66.8 cm³/mol. The van der Waals surface area contributed by atoms with Gasteiger partial charge in [0.2, 0.25) is 0 Å². The lowest BCUT2D eigenvalue weighted by molar-refractivity contribution is 0.0205. The first-order valence-electron chi connectivity index (χ1n) is 6.86. The van der Waals surface area contributed by atoms with Crippen LogP contribution in [-0.2, 0) is 4.74 Å². The van der Waals surface area contributed by atoms with Crippen LogP contribution in [0.4, 0.5) is 0 Å². The number of hydrogen-bond acceptors (Lipinski definition) is 3. The highest BCUT2D eigenvalue weighted by Crippen LogP contribution is 2.23. The van der Waals surface area contributed by atoms with Gasteiger partial charge in [-0.25, -0.2) is 0 Å². The van der Waals surface area contributed by atoms with Gasteiger partial charge in [0, 0.05) is 26.2 Å². The molecule has 1 unspecified atom stereocenters. The van der Waals surface area contributed by atoms with Crippen molar-refractivity contribution < 1.29 is 4.74 Å². The second-order valence-electron chi connectivity index (χ2n) is 5.48. The monoisotopic (exact) mass is 226 g/mol. The van der Waals surface area contributed by atoms with E-state index in [1.165, 1.54) is 51.7 Å². The molecule has 1 N–H and O–H groups in total. The lowest BCUT2D eigenvalue weighted by Crippen LogP contribution is -2.41. The Kier molecular flexibility index (Phi) is 4.62. The molecule has 2 saturated heterocycles. The maximum absolute atomic E-state index is 5.76. The van der Waals surface area contributed by atoms with E-state index in [1.807, 2.05) is 0 Å². The van der Waals surface area contributed by atoms with Gasteiger partial charge in [-0.2, -0.15) is 0 Å². The summed E-state index contributed by atoms with van der Waals surface area (Å²) in [5.41, 5.74) is 0.113. The quantitative estimate of drug-likeness (QED) is 0.721. The van der Waals surface area contributed by atoms with Crippen LogP contribution in [0, 0.1) is 0 Å². The number of nitrogens with one attached hydrogen (secondary N) is 1. The summed E-state index contributed by atoms with van der Waals surface area (Å²) in [6.07, 6.45) is 6.64. The maximum atomic E-state index is 5.76. The summed E-state index contributed by atoms with van der Waals surface area (Å²) in [6.45, 7) is 9.11. The fourth-order valence-corrected chi connectivity index (χ4v) is 2.75. The molecule has 2 aliphatic rings. The molecule has 1 atom stereocenters. The van der Waals surface area contributed by atoms with Crippen molar-refractivity contribution in [3.05, 3.63) is 0 Å². The molecular formula is C13H26N2O. The Balaban J connectivity index is 1.54. The molecule has 0 aromatic carbocycles. The van der Waals surface area contributed by atoms with Gasteiger partial charge in [-0.3, -0.25) is 0 Å². The minimum absolute atomic E-state index is 0.113. The Morgan fingerprint density at radius 2 is 2.00 bits per heavy atom. The summed E-state index contributed by atoms with van der Waals surface area (Å²) >= 11 is 0. The zero-order valence-electron chi connectivity index (χ0n) is 10.6. The fraction of sp³-hybridized carbons (Fsp3) is 1.00. The van der Waals surface area contributed by atoms with E-state index in [0.717, 1.165) is 19.7 Å². The van der Waals surface area contributed by atoms with Crippen molar-refractivity contribution in [2.75, 3.05) is 39.3 Å². The van der Waals surface area contributed by atoms with E-state index >= 15 is 0 Å². The molecule has 2 fully saturated rings. The van der Waals surface area contributed by atoms with E-state index in [1.54, 1.807) is 0 Å². The van der Waals surface area contributed by atoms with E-state index in [2.05, 4.69) is 17.1 Å². The molecule has 2 heterocycles. The van der Waals surface area contributed by atoms with Crippen molar-refractivity contribution in [2.24, 2.45) is 0 Å². The summed E-state index contributed by atoms with van der Waals surface area (Å²) in [5, 5.41) is 3.55. The molecule has 0 radical (unpaired) electrons. The standard InChI is InChI=1S/C13H26N2O/c1-13(6-5-11-16-13)12-14-7-10-15-8-3-2-4-9-15/h14H,2-12H2,1H3. The second-order valence-corrected chi connectivity index (χ2v) is 5.48. The average Bonchev–Trinajstić information content (AvgIpc) is 2.74. The van der Waals surface area contributed by atoms with Gasteiger partial charge in [-0.1, -0.05) is 6.42 Å². The Hall–Kier alpha value is -0.120. The molecule has 0 spiro atoms. The maximum Gasteiger partial charge on any atom is 0.0779 e. The van der Waals surface area contributed by atoms with E-state index < -0.39 is 0 Å². The fourth-order valence-electron chi connectivity index (χ4n) is 2.75. The predicted octanol–water partition coefficient (Wildman–Crippen LogP) is 1.63. The second kappa shape index (κ2) is 5.99. The SMILES string of the molecule is CC1(CNCCN2CCCCC2)CCCO1. The van der Waals surface area contributed by atoms with Crippen molar-refractivity contribution in [1.29, 1.82) is 0 Å². The first-order chi connectivity index (χ1) is 7.79. The Morgan fingerprint density at radius 1 is 1.19 bits per heavy atom. The van der Waals surface area contributed by atoms with Gasteiger partial charge in [-0.05, 0) is 45.7 Å². The van der Waals surface area contributed by atoms with Crippen molar-refractivity contribution >= 4 is 0 Å². The number of hydrogen-bond donors (Lipinski definition) is 1. The summed E-state index contributed by atoms with van der Waals surface area (Å²) in [5.74, 6) is 0. The molecule has 3 heteroatoms. The van der Waals surface area contributed by atoms with Crippen LogP contribution in [0.15, 0.2) is 0 Å². The largest absolute Gasteiger partial charge is 0.374 e. The zero-order valence-corrected chi connectivity index (χ0v) is 10.6. The highest BCUT2D eigenvalue weighted by molar-refractivity contribution is 4.82. The van der Waals surface area contributed by atoms with Crippen LogP contribution in [0.1, 0.15) is 39.0 Å². The molecule has 94 valence electrons. The molecule has 0 saturated carbocycles. The molecule has 0 aromatic heterocycles. The lowest BCUT2D eigenvalue weighted by atomic mass is 10.0. The first kappa shape index (κ1) is 12.3. The van der Waals surface area contributed by atoms with E-state index in [-0.39, 0.29) is 5.60 Å². The highest BCUT2D eigenvalue weighted by Gasteiger charge is 2.28. The lowest BCUT2D eigenvalue weighted by Gasteiger charge is -2.28. The Labute approximate surface area is 99.5 Å². The van der Waals surface area contributed by atoms with E-state index in [0.29, 0.717) is 0 Å². The van der Waals surface area contributed by atoms with E-state index in [4.69, 9.17) is 4.74 Å². The summed E-state index contributed by atoms with van der Waals surface area (Å²) in [6, 6.07) is 0. The van der Waals surface area contributed by atoms with Crippen LogP contribution < -0.4 is 5.32 Å². The van der Waals surface area contributed by atoms with Gasteiger partial charge >= 0.3 is 0 Å². The molecule has 0 aromatic rings. The van der Waals surface area contributed by atoms with Crippen LogP contribution in [0.2, 0.25) is 0 Å². The van der Waals surface area contributed by atoms with Gasteiger partial charge in [0.05, 0.1) is 5.60 Å². The van der Waals surface area contributed by atoms with Gasteiger partial charge < -0.3 is 15.0 Å². The van der Waals surface area contributed by atoms with Crippen LogP contribution in [0.25, 0.3) is 0 Å². The van der Waals surface area contributed by atoms with Crippen molar-refractivity contribution in [1.82, 2.24) is 10.2 Å². The molecule has 2 rings (SSSR count). The number of piperidine rings is 1. The van der Waals surface area contributed by atoms with Crippen molar-refractivity contribution in [3.8, 4) is 0 Å². The van der Waals surface area contributed by atoms with Crippen LogP contribution in [0.3, 0.4) is 0 Å². The molecular weight excluding hydrogens is 200 g/mol. The minimum Gasteiger partial charge on any atom is -0.374 e. The number of likely N-dealkylation sites (tertiary alicyclic amines) is 1. The van der Waals surface area contributed by atoms with Crippen molar-refractivity contribution in [3.63, 3.8) is 0 Å². The molecule has 3 nitrogen and oxygen atoms in total. The van der Waals surface area contributed by atoms with Crippen LogP contribution in [0.5, 0.6) is 0 Å². The molecule has 2 aliphatic heterocycles. The Bertz CT molecular complexity index is 196. The number of rotatable bonds is 5. The highest BCUT2D eigenvalue weighted by atomic mass is 16.5. The normalized spacial score (nSPS) is 32.1. The molecule has 0 bridgehead atoms. The topological polar surface area (TPSA) is 24.5 Å². The third-order valence-corrected chi connectivity index (χ3v) is 3.85. The zero-order chi connectivity index (χ0) is 11.3. The Morgan fingerprint density at radius 3 is 2.69 bits per heavy atom. The molecule has 0 aliphatic carbocycles. The van der Waals surface area contributed by atoms with Gasteiger partial charge in [0.1, 0.15) is 0 Å². The number of ether oxygens (including phenoxy) is 1. The van der Waals surface area contributed by atoms with Crippen LogP contribution in [-0.4, -0.2) is 49.8 Å². The minimum atomic E-state index is 0.113. The summed E-state index contributed by atoms with van der Waals surface area (Å²) in [4.78, 5) is 2.58. The molecule has 0 amide bonds. The summed E-state index contributed by atoms with van der Waals surface area (Å²) < 4.78 is 5.76. The van der Waals surface area contributed by atoms with Gasteiger partial charge in [0.15, 0.2) is 0 Å². The van der Waals surface area contributed by atoms with Crippen LogP contribution >= 0.6 is 0 Å². The first-order valence-corrected chi connectivity index (χ1v) is 6.86. The smallest absolute Gasteiger partial charge is 0.0779 e. The summed E-state index contributed by atoms with van der Waals surface area (Å²) in [7, 11) is 0. The number of nitrogens with zero attached hydrogens (tertiary/aromatic N) is 1. The van der Waals surface area contributed by atoms with Gasteiger partial charge in [0.25, 0.3) is 0 Å².